The van der Waals surface area contributed by atoms with Gasteiger partial charge in [-0.1, -0.05) is 50.2 Å². The minimum Gasteiger partial charge on any atom is -0.326 e. The lowest BCUT2D eigenvalue weighted by Crippen LogP contribution is -2.39. The van der Waals surface area contributed by atoms with Gasteiger partial charge in [-0.15, -0.1) is 0 Å². The normalized spacial score (nSPS) is 16.8. The molecule has 2 aromatic rings. The van der Waals surface area contributed by atoms with Crippen molar-refractivity contribution in [2.45, 2.75) is 32.7 Å². The number of carbonyl (C=O) groups excluding carboxylic acids is 3. The average Bonchev–Trinajstić information content (AvgIpc) is 2.91. The SMILES string of the molecule is CC(C)CCN1C(=O)N(c2ccccc2)C(=O)[C@@H]1CC(=O)Nc1ccccc1. The van der Waals surface area contributed by atoms with Crippen LogP contribution in [0.15, 0.2) is 60.7 Å². The summed E-state index contributed by atoms with van der Waals surface area (Å²) in [7, 11) is 0. The number of hydrogen-bond donors (Lipinski definition) is 1. The molecule has 146 valence electrons. The van der Waals surface area contributed by atoms with E-state index in [1.165, 1.54) is 9.80 Å². The van der Waals surface area contributed by atoms with Gasteiger partial charge in [-0.2, -0.15) is 0 Å². The van der Waals surface area contributed by atoms with E-state index in [1.807, 2.05) is 24.3 Å². The van der Waals surface area contributed by atoms with Crippen molar-refractivity contribution in [3.8, 4) is 0 Å². The minimum atomic E-state index is -0.796. The van der Waals surface area contributed by atoms with Crippen LogP contribution in [0.1, 0.15) is 26.7 Å². The number of benzene rings is 2. The molecule has 1 aliphatic rings. The molecule has 1 N–H and O–H groups in total. The van der Waals surface area contributed by atoms with Gasteiger partial charge in [0.15, 0.2) is 0 Å². The number of hydrogen-bond acceptors (Lipinski definition) is 3. The summed E-state index contributed by atoms with van der Waals surface area (Å²) in [5.41, 5.74) is 1.19. The van der Waals surface area contributed by atoms with Crippen LogP contribution in [0.5, 0.6) is 0 Å². The number of nitrogens with zero attached hydrogens (tertiary/aromatic N) is 2. The number of anilines is 2. The van der Waals surface area contributed by atoms with Crippen LogP contribution in [0, 0.1) is 5.92 Å². The lowest BCUT2D eigenvalue weighted by atomic mass is 10.1. The predicted octanol–water partition coefficient (Wildman–Crippen LogP) is 3.90. The van der Waals surface area contributed by atoms with Crippen LogP contribution in [0.25, 0.3) is 0 Å². The third-order valence-corrected chi connectivity index (χ3v) is 4.72. The van der Waals surface area contributed by atoms with Crippen molar-refractivity contribution in [1.82, 2.24) is 4.90 Å². The fourth-order valence-corrected chi connectivity index (χ4v) is 3.21. The Morgan fingerprint density at radius 2 is 1.61 bits per heavy atom. The summed E-state index contributed by atoms with van der Waals surface area (Å²) in [4.78, 5) is 41.3. The summed E-state index contributed by atoms with van der Waals surface area (Å²) in [6, 6.07) is 16.8. The van der Waals surface area contributed by atoms with Crippen molar-refractivity contribution < 1.29 is 14.4 Å². The number of urea groups is 1. The van der Waals surface area contributed by atoms with E-state index in [2.05, 4.69) is 19.2 Å². The van der Waals surface area contributed by atoms with Crippen molar-refractivity contribution in [3.05, 3.63) is 60.7 Å². The van der Waals surface area contributed by atoms with E-state index in [9.17, 15) is 14.4 Å². The number of amides is 4. The summed E-state index contributed by atoms with van der Waals surface area (Å²) in [6.07, 6.45) is 0.694. The van der Waals surface area contributed by atoms with Crippen LogP contribution >= 0.6 is 0 Å². The highest BCUT2D eigenvalue weighted by Gasteiger charge is 2.46. The molecule has 1 fully saturated rings. The van der Waals surface area contributed by atoms with Crippen molar-refractivity contribution in [3.63, 3.8) is 0 Å². The Morgan fingerprint density at radius 1 is 1.00 bits per heavy atom. The van der Waals surface area contributed by atoms with Gasteiger partial charge in [0.05, 0.1) is 12.1 Å². The molecule has 0 aliphatic carbocycles. The molecule has 0 saturated carbocycles. The van der Waals surface area contributed by atoms with E-state index < -0.39 is 6.04 Å². The Morgan fingerprint density at radius 3 is 2.21 bits per heavy atom. The van der Waals surface area contributed by atoms with Gasteiger partial charge in [0.25, 0.3) is 5.91 Å². The number of imide groups is 1. The molecule has 2 aromatic carbocycles. The first-order valence-corrected chi connectivity index (χ1v) is 9.52. The summed E-state index contributed by atoms with van der Waals surface area (Å²) in [5, 5.41) is 2.80. The van der Waals surface area contributed by atoms with E-state index in [0.717, 1.165) is 6.42 Å². The molecule has 28 heavy (non-hydrogen) atoms. The van der Waals surface area contributed by atoms with Gasteiger partial charge in [0, 0.05) is 12.2 Å². The molecule has 0 spiro atoms. The van der Waals surface area contributed by atoms with Gasteiger partial charge in [0.2, 0.25) is 5.91 Å². The summed E-state index contributed by atoms with van der Waals surface area (Å²) >= 11 is 0. The van der Waals surface area contributed by atoms with Crippen LogP contribution in [0.4, 0.5) is 16.2 Å². The average molecular weight is 379 g/mol. The molecule has 1 atom stereocenters. The zero-order chi connectivity index (χ0) is 20.1. The molecule has 6 heteroatoms. The molecule has 4 amide bonds. The summed E-state index contributed by atoms with van der Waals surface area (Å²) < 4.78 is 0. The fraction of sp³-hybridized carbons (Fsp3) is 0.318. The fourth-order valence-electron chi connectivity index (χ4n) is 3.21. The second-order valence-corrected chi connectivity index (χ2v) is 7.30. The largest absolute Gasteiger partial charge is 0.332 e. The third-order valence-electron chi connectivity index (χ3n) is 4.72. The molecule has 1 aliphatic heterocycles. The van der Waals surface area contributed by atoms with Gasteiger partial charge in [-0.05, 0) is 36.6 Å². The highest BCUT2D eigenvalue weighted by atomic mass is 16.2. The maximum absolute atomic E-state index is 13.0. The lowest BCUT2D eigenvalue weighted by Gasteiger charge is -2.22. The number of rotatable bonds is 7. The van der Waals surface area contributed by atoms with E-state index in [-0.39, 0.29) is 24.3 Å². The maximum Gasteiger partial charge on any atom is 0.332 e. The number of nitrogens with one attached hydrogen (secondary N) is 1. The first kappa shape index (κ1) is 19.6. The molecule has 1 saturated heterocycles. The van der Waals surface area contributed by atoms with Crippen molar-refractivity contribution >= 4 is 29.2 Å². The van der Waals surface area contributed by atoms with Crippen molar-refractivity contribution in [2.24, 2.45) is 5.92 Å². The van der Waals surface area contributed by atoms with Gasteiger partial charge in [-0.25, -0.2) is 9.69 Å². The van der Waals surface area contributed by atoms with Crippen LogP contribution in [-0.2, 0) is 9.59 Å². The van der Waals surface area contributed by atoms with Gasteiger partial charge >= 0.3 is 6.03 Å². The van der Waals surface area contributed by atoms with E-state index in [1.54, 1.807) is 36.4 Å². The summed E-state index contributed by atoms with van der Waals surface area (Å²) in [5.74, 6) is -0.266. The quantitative estimate of drug-likeness (QED) is 0.742. The Balaban J connectivity index is 1.80. The van der Waals surface area contributed by atoms with Crippen molar-refractivity contribution in [2.75, 3.05) is 16.8 Å². The zero-order valence-electron chi connectivity index (χ0n) is 16.2. The second kappa shape index (κ2) is 8.69. The Kier molecular flexibility index (Phi) is 6.09. The standard InChI is InChI=1S/C22H25N3O3/c1-16(2)13-14-24-19(15-20(26)23-17-9-5-3-6-10-17)21(27)25(22(24)28)18-11-7-4-8-12-18/h3-12,16,19H,13-15H2,1-2H3,(H,23,26)/t19-/m0/s1. The third kappa shape index (κ3) is 4.39. The topological polar surface area (TPSA) is 69.7 Å². The van der Waals surface area contributed by atoms with Crippen LogP contribution in [-0.4, -0.2) is 35.3 Å². The monoisotopic (exact) mass is 379 g/mol. The Bertz CT molecular complexity index is 837. The molecule has 0 bridgehead atoms. The second-order valence-electron chi connectivity index (χ2n) is 7.30. The molecule has 0 aromatic heterocycles. The molecule has 3 rings (SSSR count). The lowest BCUT2D eigenvalue weighted by molar-refractivity contribution is -0.124. The smallest absolute Gasteiger partial charge is 0.326 e. The first-order chi connectivity index (χ1) is 13.5. The van der Waals surface area contributed by atoms with E-state index in [4.69, 9.17) is 0 Å². The van der Waals surface area contributed by atoms with Gasteiger partial charge < -0.3 is 10.2 Å². The van der Waals surface area contributed by atoms with Crippen LogP contribution < -0.4 is 10.2 Å². The molecular weight excluding hydrogens is 354 g/mol. The number of carbonyl (C=O) groups is 3. The van der Waals surface area contributed by atoms with Crippen molar-refractivity contribution in [1.29, 1.82) is 0 Å². The highest BCUT2D eigenvalue weighted by Crippen LogP contribution is 2.27. The van der Waals surface area contributed by atoms with Crippen LogP contribution in [0.2, 0.25) is 0 Å². The van der Waals surface area contributed by atoms with Crippen LogP contribution in [0.3, 0.4) is 0 Å². The van der Waals surface area contributed by atoms with Gasteiger partial charge in [0.1, 0.15) is 6.04 Å². The molecule has 1 heterocycles. The molecule has 6 nitrogen and oxygen atoms in total. The zero-order valence-corrected chi connectivity index (χ0v) is 16.2. The molecule has 0 unspecified atom stereocenters. The number of para-hydroxylation sites is 2. The molecular formula is C22H25N3O3. The molecule has 0 radical (unpaired) electrons. The first-order valence-electron chi connectivity index (χ1n) is 9.52. The maximum atomic E-state index is 13.0. The Hall–Kier alpha value is -3.15. The minimum absolute atomic E-state index is 0.0686. The predicted molar refractivity (Wildman–Crippen MR) is 109 cm³/mol. The summed E-state index contributed by atoms with van der Waals surface area (Å²) in [6.45, 7) is 4.57. The van der Waals surface area contributed by atoms with E-state index in [0.29, 0.717) is 23.8 Å². The Labute approximate surface area is 165 Å². The van der Waals surface area contributed by atoms with Gasteiger partial charge in [-0.3, -0.25) is 9.59 Å². The van der Waals surface area contributed by atoms with E-state index >= 15 is 0 Å². The highest BCUT2D eigenvalue weighted by molar-refractivity contribution is 6.22.